The normalized spacial score (nSPS) is 10.4. The van der Waals surface area contributed by atoms with Gasteiger partial charge in [-0.05, 0) is 25.1 Å². The van der Waals surface area contributed by atoms with E-state index in [1.54, 1.807) is 10.9 Å². The van der Waals surface area contributed by atoms with Crippen molar-refractivity contribution in [3.8, 4) is 11.5 Å². The minimum Gasteiger partial charge on any atom is -0.508 e. The summed E-state index contributed by atoms with van der Waals surface area (Å²) < 4.78 is 1.79. The minimum absolute atomic E-state index is 0.0163. The second-order valence-electron chi connectivity index (χ2n) is 3.92. The standard InChI is InChI=1S/C12H14N4O3/c1-2-16-7-14-15-11(16)6-13-12(19)9-5-8(17)3-4-10(9)18/h3-5,7,17-18H,2,6H2,1H3,(H,13,19). The molecule has 2 aromatic rings. The van der Waals surface area contributed by atoms with Crippen molar-refractivity contribution >= 4 is 5.91 Å². The topological polar surface area (TPSA) is 100 Å². The summed E-state index contributed by atoms with van der Waals surface area (Å²) in [6.45, 7) is 2.84. The van der Waals surface area contributed by atoms with Gasteiger partial charge in [0.15, 0.2) is 5.82 Å². The van der Waals surface area contributed by atoms with E-state index in [1.165, 1.54) is 18.2 Å². The molecule has 1 aromatic carbocycles. The lowest BCUT2D eigenvalue weighted by molar-refractivity contribution is 0.0946. The van der Waals surface area contributed by atoms with Crippen LogP contribution in [0, 0.1) is 0 Å². The number of hydrogen-bond donors (Lipinski definition) is 3. The molecule has 0 atom stereocenters. The lowest BCUT2D eigenvalue weighted by atomic mass is 10.2. The number of rotatable bonds is 4. The molecule has 0 aliphatic rings. The Bertz CT molecular complexity index is 594. The van der Waals surface area contributed by atoms with E-state index in [0.29, 0.717) is 12.4 Å². The molecule has 2 rings (SSSR count). The van der Waals surface area contributed by atoms with Crippen molar-refractivity contribution in [1.29, 1.82) is 0 Å². The number of aromatic nitrogens is 3. The van der Waals surface area contributed by atoms with Crippen LogP contribution in [0.2, 0.25) is 0 Å². The van der Waals surface area contributed by atoms with Crippen LogP contribution in [0.25, 0.3) is 0 Å². The molecule has 1 heterocycles. The molecule has 0 bridgehead atoms. The van der Waals surface area contributed by atoms with E-state index in [9.17, 15) is 15.0 Å². The van der Waals surface area contributed by atoms with E-state index < -0.39 is 5.91 Å². The first-order chi connectivity index (χ1) is 9.11. The first-order valence-electron chi connectivity index (χ1n) is 5.78. The molecule has 0 aliphatic carbocycles. The molecule has 7 nitrogen and oxygen atoms in total. The summed E-state index contributed by atoms with van der Waals surface area (Å²) in [6.07, 6.45) is 1.58. The van der Waals surface area contributed by atoms with E-state index >= 15 is 0 Å². The number of aromatic hydroxyl groups is 2. The van der Waals surface area contributed by atoms with Crippen LogP contribution < -0.4 is 5.32 Å². The van der Waals surface area contributed by atoms with E-state index in [-0.39, 0.29) is 23.6 Å². The van der Waals surface area contributed by atoms with Crippen LogP contribution in [0.15, 0.2) is 24.5 Å². The number of hydrogen-bond acceptors (Lipinski definition) is 5. The van der Waals surface area contributed by atoms with Gasteiger partial charge < -0.3 is 20.1 Å². The molecule has 0 fully saturated rings. The molecule has 19 heavy (non-hydrogen) atoms. The van der Waals surface area contributed by atoms with Crippen LogP contribution in [0.1, 0.15) is 23.1 Å². The number of amides is 1. The Morgan fingerprint density at radius 3 is 2.95 bits per heavy atom. The fraction of sp³-hybridized carbons (Fsp3) is 0.250. The van der Waals surface area contributed by atoms with Crippen molar-refractivity contribution in [2.75, 3.05) is 0 Å². The largest absolute Gasteiger partial charge is 0.508 e. The van der Waals surface area contributed by atoms with E-state index in [1.807, 2.05) is 6.92 Å². The fourth-order valence-electron chi connectivity index (χ4n) is 1.64. The van der Waals surface area contributed by atoms with Crippen molar-refractivity contribution in [3.63, 3.8) is 0 Å². The third-order valence-electron chi connectivity index (χ3n) is 2.67. The maximum Gasteiger partial charge on any atom is 0.255 e. The minimum atomic E-state index is -0.487. The van der Waals surface area contributed by atoms with Crippen molar-refractivity contribution in [2.24, 2.45) is 0 Å². The zero-order valence-electron chi connectivity index (χ0n) is 10.4. The second kappa shape index (κ2) is 5.38. The average molecular weight is 262 g/mol. The number of nitrogens with zero attached hydrogens (tertiary/aromatic N) is 3. The number of phenols is 2. The van der Waals surface area contributed by atoms with Crippen molar-refractivity contribution < 1.29 is 15.0 Å². The van der Waals surface area contributed by atoms with Crippen LogP contribution in [0.5, 0.6) is 11.5 Å². The smallest absolute Gasteiger partial charge is 0.255 e. The van der Waals surface area contributed by atoms with Gasteiger partial charge >= 0.3 is 0 Å². The maximum atomic E-state index is 11.9. The van der Waals surface area contributed by atoms with E-state index in [4.69, 9.17) is 0 Å². The molecule has 100 valence electrons. The summed E-state index contributed by atoms with van der Waals surface area (Å²) in [7, 11) is 0. The monoisotopic (exact) mass is 262 g/mol. The highest BCUT2D eigenvalue weighted by molar-refractivity contribution is 5.97. The van der Waals surface area contributed by atoms with Gasteiger partial charge in [0.25, 0.3) is 5.91 Å². The van der Waals surface area contributed by atoms with Gasteiger partial charge in [0.2, 0.25) is 0 Å². The molecule has 0 aliphatic heterocycles. The average Bonchev–Trinajstić information content (AvgIpc) is 2.86. The first-order valence-corrected chi connectivity index (χ1v) is 5.78. The molecule has 3 N–H and O–H groups in total. The molecule has 1 amide bonds. The quantitative estimate of drug-likeness (QED) is 0.702. The highest BCUT2D eigenvalue weighted by Gasteiger charge is 2.13. The molecule has 7 heteroatoms. The summed E-state index contributed by atoms with van der Waals surface area (Å²) in [4.78, 5) is 11.9. The summed E-state index contributed by atoms with van der Waals surface area (Å²) in [6, 6.07) is 3.77. The van der Waals surface area contributed by atoms with Crippen molar-refractivity contribution in [2.45, 2.75) is 20.0 Å². The Morgan fingerprint density at radius 2 is 2.21 bits per heavy atom. The molecule has 0 unspecified atom stereocenters. The van der Waals surface area contributed by atoms with Gasteiger partial charge in [0.1, 0.15) is 17.8 Å². The van der Waals surface area contributed by atoms with Crippen molar-refractivity contribution in [1.82, 2.24) is 20.1 Å². The Labute approximate surface area is 109 Å². The second-order valence-corrected chi connectivity index (χ2v) is 3.92. The van der Waals surface area contributed by atoms with Gasteiger partial charge in [0.05, 0.1) is 12.1 Å². The van der Waals surface area contributed by atoms with Crippen LogP contribution in [0.4, 0.5) is 0 Å². The predicted octanol–water partition coefficient (Wildman–Crippen LogP) is 0.639. The number of carbonyl (C=O) groups is 1. The highest BCUT2D eigenvalue weighted by atomic mass is 16.3. The van der Waals surface area contributed by atoms with Crippen LogP contribution in [-0.4, -0.2) is 30.9 Å². The fourth-order valence-corrected chi connectivity index (χ4v) is 1.64. The zero-order valence-corrected chi connectivity index (χ0v) is 10.4. The third kappa shape index (κ3) is 2.82. The first kappa shape index (κ1) is 12.9. The number of benzene rings is 1. The van der Waals surface area contributed by atoms with Gasteiger partial charge in [-0.2, -0.15) is 0 Å². The van der Waals surface area contributed by atoms with Crippen LogP contribution in [0.3, 0.4) is 0 Å². The highest BCUT2D eigenvalue weighted by Crippen LogP contribution is 2.21. The van der Waals surface area contributed by atoms with E-state index in [0.717, 1.165) is 0 Å². The van der Waals surface area contributed by atoms with Crippen LogP contribution >= 0.6 is 0 Å². The van der Waals surface area contributed by atoms with Crippen LogP contribution in [-0.2, 0) is 13.1 Å². The summed E-state index contributed by atoms with van der Waals surface area (Å²) >= 11 is 0. The number of phenolic OH excluding ortho intramolecular Hbond substituents is 2. The number of nitrogens with one attached hydrogen (secondary N) is 1. The van der Waals surface area contributed by atoms with Crippen molar-refractivity contribution in [3.05, 3.63) is 35.9 Å². The molecular weight excluding hydrogens is 248 g/mol. The molecule has 0 saturated heterocycles. The molecule has 0 radical (unpaired) electrons. The maximum absolute atomic E-state index is 11.9. The van der Waals surface area contributed by atoms with Gasteiger partial charge in [-0.3, -0.25) is 4.79 Å². The van der Waals surface area contributed by atoms with Gasteiger partial charge in [-0.25, -0.2) is 0 Å². The van der Waals surface area contributed by atoms with Gasteiger partial charge in [-0.15, -0.1) is 10.2 Å². The van der Waals surface area contributed by atoms with Gasteiger partial charge in [0, 0.05) is 6.54 Å². The Hall–Kier alpha value is -2.57. The summed E-state index contributed by atoms with van der Waals surface area (Å²) in [5, 5.41) is 29.1. The lowest BCUT2D eigenvalue weighted by Gasteiger charge is -2.07. The molecule has 1 aromatic heterocycles. The van der Waals surface area contributed by atoms with Gasteiger partial charge in [-0.1, -0.05) is 0 Å². The summed E-state index contributed by atoms with van der Waals surface area (Å²) in [5.41, 5.74) is 0.0163. The SMILES string of the molecule is CCn1cnnc1CNC(=O)c1cc(O)ccc1O. The third-order valence-corrected chi connectivity index (χ3v) is 2.67. The van der Waals surface area contributed by atoms with E-state index in [2.05, 4.69) is 15.5 Å². The Balaban J connectivity index is 2.07. The Morgan fingerprint density at radius 1 is 1.42 bits per heavy atom. The Kier molecular flexibility index (Phi) is 3.65. The molecule has 0 saturated carbocycles. The number of carbonyl (C=O) groups excluding carboxylic acids is 1. The zero-order chi connectivity index (χ0) is 13.8. The predicted molar refractivity (Wildman–Crippen MR) is 66.6 cm³/mol. The lowest BCUT2D eigenvalue weighted by Crippen LogP contribution is -2.24. The molecule has 0 spiro atoms. The summed E-state index contributed by atoms with van der Waals surface area (Å²) in [5.74, 6) is -0.138. The number of aryl methyl sites for hydroxylation is 1. The molecular formula is C12H14N4O3.